The van der Waals surface area contributed by atoms with E-state index >= 15 is 0 Å². The van der Waals surface area contributed by atoms with Crippen molar-refractivity contribution in [1.29, 1.82) is 0 Å². The van der Waals surface area contributed by atoms with Gasteiger partial charge in [-0.05, 0) is 34.7 Å². The zero-order chi connectivity index (χ0) is 12.1. The molecule has 0 aromatic carbocycles. The summed E-state index contributed by atoms with van der Waals surface area (Å²) >= 11 is 0. The van der Waals surface area contributed by atoms with Crippen molar-refractivity contribution in [1.82, 2.24) is 4.90 Å². The highest BCUT2D eigenvalue weighted by atomic mass is 16.6. The molecule has 1 atom stereocenters. The summed E-state index contributed by atoms with van der Waals surface area (Å²) in [5, 5.41) is 9.12. The minimum Gasteiger partial charge on any atom is -0.460 e. The van der Waals surface area contributed by atoms with Crippen LogP contribution in [0, 0.1) is 0 Å². The topological polar surface area (TPSA) is 49.8 Å². The Kier molecular flexibility index (Phi) is 5.83. The van der Waals surface area contributed by atoms with Crippen molar-refractivity contribution in [3.8, 4) is 0 Å². The third-order valence-electron chi connectivity index (χ3n) is 1.69. The maximum Gasteiger partial charge on any atom is 0.307 e. The molecule has 0 aliphatic rings. The molecule has 15 heavy (non-hydrogen) atoms. The smallest absolute Gasteiger partial charge is 0.307 e. The van der Waals surface area contributed by atoms with Crippen LogP contribution in [0.3, 0.4) is 0 Å². The molecule has 90 valence electrons. The fourth-order valence-corrected chi connectivity index (χ4v) is 1.22. The highest BCUT2D eigenvalue weighted by Gasteiger charge is 2.16. The van der Waals surface area contributed by atoms with Crippen LogP contribution in [-0.4, -0.2) is 47.8 Å². The lowest BCUT2D eigenvalue weighted by molar-refractivity contribution is -0.155. The second-order valence-electron chi connectivity index (χ2n) is 4.95. The van der Waals surface area contributed by atoms with Gasteiger partial charge in [-0.2, -0.15) is 0 Å². The largest absolute Gasteiger partial charge is 0.460 e. The van der Waals surface area contributed by atoms with Gasteiger partial charge in [-0.3, -0.25) is 4.79 Å². The Bertz CT molecular complexity index is 196. The van der Waals surface area contributed by atoms with Gasteiger partial charge >= 0.3 is 5.97 Å². The molecular formula is C11H23NO3. The van der Waals surface area contributed by atoms with E-state index in [2.05, 4.69) is 0 Å². The van der Waals surface area contributed by atoms with Crippen molar-refractivity contribution < 1.29 is 14.6 Å². The van der Waals surface area contributed by atoms with Crippen LogP contribution in [0.4, 0.5) is 0 Å². The third-order valence-corrected chi connectivity index (χ3v) is 1.69. The number of likely N-dealkylation sites (N-methyl/N-ethyl adjacent to an activating group) is 1. The SMILES string of the molecule is CC(O)CN(C)CCC(=O)OC(C)(C)C. The zero-order valence-corrected chi connectivity index (χ0v) is 10.4. The second-order valence-corrected chi connectivity index (χ2v) is 4.95. The predicted molar refractivity (Wildman–Crippen MR) is 59.6 cm³/mol. The fraction of sp³-hybridized carbons (Fsp3) is 0.909. The summed E-state index contributed by atoms with van der Waals surface area (Å²) in [7, 11) is 1.87. The molecule has 0 aromatic heterocycles. The molecule has 0 rings (SSSR count). The molecule has 0 aromatic rings. The Morgan fingerprint density at radius 3 is 2.40 bits per heavy atom. The van der Waals surface area contributed by atoms with Gasteiger partial charge in [0.1, 0.15) is 5.60 Å². The average molecular weight is 217 g/mol. The van der Waals surface area contributed by atoms with Gasteiger partial charge in [-0.25, -0.2) is 0 Å². The molecule has 0 heterocycles. The minimum absolute atomic E-state index is 0.194. The highest BCUT2D eigenvalue weighted by Crippen LogP contribution is 2.08. The van der Waals surface area contributed by atoms with Crippen molar-refractivity contribution in [2.45, 2.75) is 45.8 Å². The van der Waals surface area contributed by atoms with Gasteiger partial charge in [0, 0.05) is 13.1 Å². The monoisotopic (exact) mass is 217 g/mol. The van der Waals surface area contributed by atoms with E-state index in [1.54, 1.807) is 6.92 Å². The number of ether oxygens (including phenoxy) is 1. The van der Waals surface area contributed by atoms with E-state index in [-0.39, 0.29) is 12.1 Å². The fourth-order valence-electron chi connectivity index (χ4n) is 1.22. The predicted octanol–water partition coefficient (Wildman–Crippen LogP) is 1.03. The number of carbonyl (C=O) groups is 1. The number of aliphatic hydroxyl groups excluding tert-OH is 1. The first kappa shape index (κ1) is 14.4. The van der Waals surface area contributed by atoms with Crippen molar-refractivity contribution in [3.63, 3.8) is 0 Å². The van der Waals surface area contributed by atoms with Crippen LogP contribution >= 0.6 is 0 Å². The summed E-state index contributed by atoms with van der Waals surface area (Å²) in [4.78, 5) is 13.2. The first-order valence-corrected chi connectivity index (χ1v) is 5.29. The Balaban J connectivity index is 3.72. The van der Waals surface area contributed by atoms with Crippen LogP contribution in [0.15, 0.2) is 0 Å². The summed E-state index contributed by atoms with van der Waals surface area (Å²) in [6.07, 6.45) is -0.00541. The van der Waals surface area contributed by atoms with Crippen LogP contribution in [0.2, 0.25) is 0 Å². The normalized spacial score (nSPS) is 14.1. The maximum atomic E-state index is 11.3. The van der Waals surface area contributed by atoms with Gasteiger partial charge in [-0.15, -0.1) is 0 Å². The van der Waals surface area contributed by atoms with Gasteiger partial charge < -0.3 is 14.7 Å². The van der Waals surface area contributed by atoms with Crippen molar-refractivity contribution in [2.75, 3.05) is 20.1 Å². The highest BCUT2D eigenvalue weighted by molar-refractivity contribution is 5.70. The van der Waals surface area contributed by atoms with E-state index in [1.165, 1.54) is 0 Å². The Morgan fingerprint density at radius 1 is 1.47 bits per heavy atom. The van der Waals surface area contributed by atoms with Crippen molar-refractivity contribution >= 4 is 5.97 Å². The molecule has 0 saturated carbocycles. The van der Waals surface area contributed by atoms with E-state index in [4.69, 9.17) is 9.84 Å². The second kappa shape index (κ2) is 6.08. The molecule has 0 spiro atoms. The standard InChI is InChI=1S/C11H23NO3/c1-9(13)8-12(5)7-6-10(14)15-11(2,3)4/h9,13H,6-8H2,1-5H3. The number of hydrogen-bond acceptors (Lipinski definition) is 4. The van der Waals surface area contributed by atoms with Gasteiger partial charge in [0.15, 0.2) is 0 Å². The van der Waals surface area contributed by atoms with Crippen LogP contribution in [0.5, 0.6) is 0 Å². The summed E-state index contributed by atoms with van der Waals surface area (Å²) in [5.41, 5.74) is -0.417. The molecular weight excluding hydrogens is 194 g/mol. The molecule has 1 unspecified atom stereocenters. The summed E-state index contributed by atoms with van der Waals surface area (Å²) in [6, 6.07) is 0. The molecule has 0 radical (unpaired) electrons. The lowest BCUT2D eigenvalue weighted by Crippen LogP contribution is -2.31. The lowest BCUT2D eigenvalue weighted by Gasteiger charge is -2.21. The van der Waals surface area contributed by atoms with Gasteiger partial charge in [0.25, 0.3) is 0 Å². The molecule has 0 saturated heterocycles. The molecule has 0 aliphatic carbocycles. The van der Waals surface area contributed by atoms with Gasteiger partial charge in [0.2, 0.25) is 0 Å². The van der Waals surface area contributed by atoms with E-state index in [0.717, 1.165) is 0 Å². The number of carbonyl (C=O) groups excluding carboxylic acids is 1. The molecule has 1 N–H and O–H groups in total. The number of esters is 1. The number of rotatable bonds is 5. The van der Waals surface area contributed by atoms with Gasteiger partial charge in [-0.1, -0.05) is 0 Å². The number of nitrogens with zero attached hydrogens (tertiary/aromatic N) is 1. The molecule has 0 bridgehead atoms. The lowest BCUT2D eigenvalue weighted by atomic mass is 10.2. The first-order valence-electron chi connectivity index (χ1n) is 5.29. The summed E-state index contributed by atoms with van der Waals surface area (Å²) < 4.78 is 5.16. The molecule has 4 heteroatoms. The Hall–Kier alpha value is -0.610. The molecule has 4 nitrogen and oxygen atoms in total. The number of aliphatic hydroxyl groups is 1. The summed E-state index contributed by atoms with van der Waals surface area (Å²) in [5.74, 6) is -0.194. The molecule has 0 aliphatic heterocycles. The van der Waals surface area contributed by atoms with Crippen LogP contribution in [0.1, 0.15) is 34.1 Å². The Morgan fingerprint density at radius 2 is 2.00 bits per heavy atom. The maximum absolute atomic E-state index is 11.3. The van der Waals surface area contributed by atoms with Crippen molar-refractivity contribution in [3.05, 3.63) is 0 Å². The number of hydrogen-bond donors (Lipinski definition) is 1. The van der Waals surface area contributed by atoms with Crippen molar-refractivity contribution in [2.24, 2.45) is 0 Å². The van der Waals surface area contributed by atoms with E-state index in [0.29, 0.717) is 19.5 Å². The quantitative estimate of drug-likeness (QED) is 0.699. The van der Waals surface area contributed by atoms with Crippen LogP contribution < -0.4 is 0 Å². The van der Waals surface area contributed by atoms with Crippen LogP contribution in [-0.2, 0) is 9.53 Å². The van der Waals surface area contributed by atoms with E-state index in [1.807, 2.05) is 32.7 Å². The third kappa shape index (κ3) is 9.69. The minimum atomic E-state index is -0.417. The average Bonchev–Trinajstić information content (AvgIpc) is 1.96. The zero-order valence-electron chi connectivity index (χ0n) is 10.4. The van der Waals surface area contributed by atoms with Gasteiger partial charge in [0.05, 0.1) is 12.5 Å². The Labute approximate surface area is 92.2 Å². The van der Waals surface area contributed by atoms with E-state index in [9.17, 15) is 4.79 Å². The first-order chi connectivity index (χ1) is 6.70. The summed E-state index contributed by atoms with van der Waals surface area (Å²) in [6.45, 7) is 8.46. The molecule has 0 fully saturated rings. The molecule has 0 amide bonds. The van der Waals surface area contributed by atoms with E-state index < -0.39 is 5.60 Å². The van der Waals surface area contributed by atoms with Crippen LogP contribution in [0.25, 0.3) is 0 Å².